The highest BCUT2D eigenvalue weighted by molar-refractivity contribution is 5.75. The number of aromatic hydroxyl groups is 1. The molecule has 18 heavy (non-hydrogen) atoms. The lowest BCUT2D eigenvalue weighted by Crippen LogP contribution is -2.10. The van der Waals surface area contributed by atoms with Gasteiger partial charge in [0.25, 0.3) is 6.43 Å². The molecule has 0 saturated carbocycles. The third-order valence-corrected chi connectivity index (χ3v) is 2.14. The van der Waals surface area contributed by atoms with Crippen molar-refractivity contribution in [3.63, 3.8) is 0 Å². The Kier molecular flexibility index (Phi) is 4.54. The summed E-state index contributed by atoms with van der Waals surface area (Å²) in [5.41, 5.74) is -1.18. The second-order valence-electron chi connectivity index (χ2n) is 3.28. The molecule has 1 aromatic heterocycles. The van der Waals surface area contributed by atoms with E-state index >= 15 is 0 Å². The second-order valence-corrected chi connectivity index (χ2v) is 3.28. The standard InChI is InChI=1S/C11H10F2N2O3/c1-2-18-8(16)3-7-6(4-14)5-15-9(10(7)17)11(12)13/h5,11,17H,2-3H2,1H3. The molecule has 0 unspecified atom stereocenters. The number of halogens is 2. The number of hydrogen-bond donors (Lipinski definition) is 1. The van der Waals surface area contributed by atoms with E-state index in [1.807, 2.05) is 0 Å². The van der Waals surface area contributed by atoms with Gasteiger partial charge in [-0.1, -0.05) is 0 Å². The third-order valence-electron chi connectivity index (χ3n) is 2.14. The van der Waals surface area contributed by atoms with E-state index < -0.39 is 30.3 Å². The Balaban J connectivity index is 3.18. The Hall–Kier alpha value is -2.23. The summed E-state index contributed by atoms with van der Waals surface area (Å²) in [5.74, 6) is -1.55. The summed E-state index contributed by atoms with van der Waals surface area (Å²) in [6, 6.07) is 1.67. The summed E-state index contributed by atoms with van der Waals surface area (Å²) in [7, 11) is 0. The van der Waals surface area contributed by atoms with Gasteiger partial charge in [-0.15, -0.1) is 0 Å². The van der Waals surface area contributed by atoms with E-state index in [4.69, 9.17) is 5.26 Å². The highest BCUT2D eigenvalue weighted by atomic mass is 19.3. The van der Waals surface area contributed by atoms with Gasteiger partial charge in [0.2, 0.25) is 0 Å². The summed E-state index contributed by atoms with van der Waals surface area (Å²) in [5, 5.41) is 18.4. The number of ether oxygens (including phenoxy) is 1. The van der Waals surface area contributed by atoms with Crippen molar-refractivity contribution in [1.29, 1.82) is 5.26 Å². The van der Waals surface area contributed by atoms with Crippen molar-refractivity contribution in [3.8, 4) is 11.8 Å². The number of nitrogens with zero attached hydrogens (tertiary/aromatic N) is 2. The Morgan fingerprint density at radius 3 is 2.83 bits per heavy atom. The van der Waals surface area contributed by atoms with Gasteiger partial charge in [0.05, 0.1) is 18.6 Å². The maximum atomic E-state index is 12.5. The van der Waals surface area contributed by atoms with Gasteiger partial charge in [0.1, 0.15) is 17.5 Å². The number of esters is 1. The minimum atomic E-state index is -2.99. The number of carbonyl (C=O) groups excluding carboxylic acids is 1. The minimum absolute atomic E-state index is 0.119. The SMILES string of the molecule is CCOC(=O)Cc1c(C#N)cnc(C(F)F)c1O. The van der Waals surface area contributed by atoms with Crippen LogP contribution in [0.25, 0.3) is 0 Å². The molecule has 0 aliphatic carbocycles. The van der Waals surface area contributed by atoms with E-state index in [1.54, 1.807) is 13.0 Å². The van der Waals surface area contributed by atoms with Crippen LogP contribution in [0.5, 0.6) is 5.75 Å². The molecule has 96 valence electrons. The highest BCUT2D eigenvalue weighted by Gasteiger charge is 2.22. The normalized spacial score (nSPS) is 10.2. The number of carbonyl (C=O) groups is 1. The molecule has 0 radical (unpaired) electrons. The van der Waals surface area contributed by atoms with Crippen LogP contribution in [0.15, 0.2) is 6.20 Å². The smallest absolute Gasteiger partial charge is 0.310 e. The van der Waals surface area contributed by atoms with Gasteiger partial charge in [0.15, 0.2) is 0 Å². The maximum Gasteiger partial charge on any atom is 0.310 e. The first kappa shape index (κ1) is 13.8. The molecule has 0 amide bonds. The van der Waals surface area contributed by atoms with Crippen molar-refractivity contribution < 1.29 is 23.4 Å². The molecular formula is C11H10F2N2O3. The van der Waals surface area contributed by atoms with Crippen LogP contribution in [0.1, 0.15) is 30.2 Å². The number of pyridine rings is 1. The Bertz CT molecular complexity index is 498. The van der Waals surface area contributed by atoms with Gasteiger partial charge in [-0.05, 0) is 6.92 Å². The molecule has 0 aromatic carbocycles. The van der Waals surface area contributed by atoms with Gasteiger partial charge in [-0.25, -0.2) is 13.8 Å². The second kappa shape index (κ2) is 5.91. The fourth-order valence-corrected chi connectivity index (χ4v) is 1.35. The number of alkyl halides is 2. The quantitative estimate of drug-likeness (QED) is 0.829. The largest absolute Gasteiger partial charge is 0.505 e. The van der Waals surface area contributed by atoms with E-state index in [0.29, 0.717) is 0 Å². The maximum absolute atomic E-state index is 12.5. The molecule has 0 saturated heterocycles. The summed E-state index contributed by atoms with van der Waals surface area (Å²) in [4.78, 5) is 14.6. The lowest BCUT2D eigenvalue weighted by Gasteiger charge is -2.09. The average molecular weight is 256 g/mol. The van der Waals surface area contributed by atoms with Crippen molar-refractivity contribution in [1.82, 2.24) is 4.98 Å². The van der Waals surface area contributed by atoms with Crippen molar-refractivity contribution in [2.24, 2.45) is 0 Å². The molecule has 7 heteroatoms. The zero-order valence-corrected chi connectivity index (χ0v) is 9.48. The van der Waals surface area contributed by atoms with Crippen LogP contribution in [0, 0.1) is 11.3 Å². The monoisotopic (exact) mass is 256 g/mol. The van der Waals surface area contributed by atoms with Crippen LogP contribution < -0.4 is 0 Å². The van der Waals surface area contributed by atoms with Crippen molar-refractivity contribution >= 4 is 5.97 Å². The van der Waals surface area contributed by atoms with Crippen molar-refractivity contribution in [2.45, 2.75) is 19.8 Å². The van der Waals surface area contributed by atoms with E-state index in [2.05, 4.69) is 9.72 Å². The average Bonchev–Trinajstić information content (AvgIpc) is 2.31. The fourth-order valence-electron chi connectivity index (χ4n) is 1.35. The lowest BCUT2D eigenvalue weighted by atomic mass is 10.1. The summed E-state index contributed by atoms with van der Waals surface area (Å²) >= 11 is 0. The van der Waals surface area contributed by atoms with E-state index in [9.17, 15) is 18.7 Å². The van der Waals surface area contributed by atoms with Gasteiger partial charge >= 0.3 is 5.97 Å². The van der Waals surface area contributed by atoms with Gasteiger partial charge in [0, 0.05) is 11.8 Å². The first-order valence-corrected chi connectivity index (χ1v) is 5.05. The minimum Gasteiger partial charge on any atom is -0.505 e. The zero-order valence-electron chi connectivity index (χ0n) is 9.48. The Morgan fingerprint density at radius 1 is 1.67 bits per heavy atom. The third kappa shape index (κ3) is 2.91. The zero-order chi connectivity index (χ0) is 13.7. The molecule has 1 heterocycles. The predicted molar refractivity (Wildman–Crippen MR) is 55.9 cm³/mol. The van der Waals surface area contributed by atoms with Crippen LogP contribution in [0.2, 0.25) is 0 Å². The molecule has 0 spiro atoms. The highest BCUT2D eigenvalue weighted by Crippen LogP contribution is 2.31. The van der Waals surface area contributed by atoms with Gasteiger partial charge in [-0.2, -0.15) is 5.26 Å². The molecule has 0 aliphatic heterocycles. The number of hydrogen-bond acceptors (Lipinski definition) is 5. The van der Waals surface area contributed by atoms with Crippen LogP contribution in [-0.4, -0.2) is 22.7 Å². The van der Waals surface area contributed by atoms with Crippen molar-refractivity contribution in [2.75, 3.05) is 6.61 Å². The Labute approximate surface area is 102 Å². The van der Waals surface area contributed by atoms with Crippen LogP contribution in [0.4, 0.5) is 8.78 Å². The van der Waals surface area contributed by atoms with E-state index in [-0.39, 0.29) is 17.7 Å². The predicted octanol–water partition coefficient (Wildman–Crippen LogP) is 1.70. The topological polar surface area (TPSA) is 83.2 Å². The van der Waals surface area contributed by atoms with E-state index in [1.165, 1.54) is 0 Å². The number of nitriles is 1. The lowest BCUT2D eigenvalue weighted by molar-refractivity contribution is -0.142. The van der Waals surface area contributed by atoms with Gasteiger partial charge in [-0.3, -0.25) is 4.79 Å². The summed E-state index contributed by atoms with van der Waals surface area (Å²) in [6.45, 7) is 1.70. The molecule has 1 N–H and O–H groups in total. The molecule has 0 bridgehead atoms. The molecule has 0 fully saturated rings. The molecule has 5 nitrogen and oxygen atoms in total. The number of aromatic nitrogens is 1. The fraction of sp³-hybridized carbons (Fsp3) is 0.364. The molecular weight excluding hydrogens is 246 g/mol. The number of rotatable bonds is 4. The van der Waals surface area contributed by atoms with Crippen LogP contribution in [-0.2, 0) is 16.0 Å². The van der Waals surface area contributed by atoms with E-state index in [0.717, 1.165) is 6.20 Å². The van der Waals surface area contributed by atoms with Gasteiger partial charge < -0.3 is 9.84 Å². The first-order chi connectivity index (χ1) is 8.51. The first-order valence-electron chi connectivity index (χ1n) is 5.05. The van der Waals surface area contributed by atoms with Crippen molar-refractivity contribution in [3.05, 3.63) is 23.0 Å². The summed E-state index contributed by atoms with van der Waals surface area (Å²) in [6.07, 6.45) is -2.54. The van der Waals surface area contributed by atoms with Crippen LogP contribution in [0.3, 0.4) is 0 Å². The molecule has 1 aromatic rings. The molecule has 1 rings (SSSR count). The Morgan fingerprint density at radius 2 is 2.33 bits per heavy atom. The molecule has 0 atom stereocenters. The van der Waals surface area contributed by atoms with Crippen LogP contribution >= 0.6 is 0 Å². The molecule has 0 aliphatic rings. The summed E-state index contributed by atoms with van der Waals surface area (Å²) < 4.78 is 29.6.